The summed E-state index contributed by atoms with van der Waals surface area (Å²) in [7, 11) is 0. The number of amides is 4. The van der Waals surface area contributed by atoms with Crippen molar-refractivity contribution in [1.82, 2.24) is 25.9 Å². The summed E-state index contributed by atoms with van der Waals surface area (Å²) < 4.78 is 10.9. The Morgan fingerprint density at radius 1 is 1.00 bits per heavy atom. The quantitative estimate of drug-likeness (QED) is 0.133. The SMILES string of the molecule is CC1CNC[C@](NC(=O)O)(c2ccncc2NC(=O)c2nc3cc(N4CCOCC4)ccc3cc2NC(=O)OCc2ccccc2)C1NC(=O)O. The lowest BCUT2D eigenvalue weighted by atomic mass is 9.74. The first-order valence-electron chi connectivity index (χ1n) is 16.4. The number of carboxylic acid groups (broad SMARTS) is 2. The van der Waals surface area contributed by atoms with E-state index in [0.29, 0.717) is 43.8 Å². The van der Waals surface area contributed by atoms with Gasteiger partial charge >= 0.3 is 18.3 Å². The molecule has 2 aromatic heterocycles. The molecule has 0 spiro atoms. The van der Waals surface area contributed by atoms with Gasteiger partial charge in [-0.1, -0.05) is 43.3 Å². The Morgan fingerprint density at radius 3 is 2.53 bits per heavy atom. The van der Waals surface area contributed by atoms with Crippen LogP contribution in [0.5, 0.6) is 0 Å². The van der Waals surface area contributed by atoms with E-state index in [1.54, 1.807) is 13.0 Å². The van der Waals surface area contributed by atoms with Gasteiger partial charge in [0.15, 0.2) is 5.69 Å². The van der Waals surface area contributed by atoms with Gasteiger partial charge in [0.25, 0.3) is 5.91 Å². The second kappa shape index (κ2) is 15.3. The minimum Gasteiger partial charge on any atom is -0.465 e. The minimum absolute atomic E-state index is 0.0000718. The van der Waals surface area contributed by atoms with Gasteiger partial charge in [0, 0.05) is 42.5 Å². The molecule has 4 aromatic rings. The number of pyridine rings is 2. The smallest absolute Gasteiger partial charge is 0.412 e. The molecule has 4 heterocycles. The number of rotatable bonds is 9. The number of nitrogens with zero attached hydrogens (tertiary/aromatic N) is 3. The minimum atomic E-state index is -1.56. The molecule has 3 atom stereocenters. The van der Waals surface area contributed by atoms with Crippen LogP contribution in [0.15, 0.2) is 73.1 Å². The van der Waals surface area contributed by atoms with Gasteiger partial charge in [-0.25, -0.2) is 19.4 Å². The normalized spacial score (nSPS) is 20.2. The topological polar surface area (TPSA) is 216 Å². The maximum atomic E-state index is 14.2. The van der Waals surface area contributed by atoms with Crippen molar-refractivity contribution >= 4 is 52.2 Å². The fraction of sp³-hybridized carbons (Fsp3) is 0.314. The fourth-order valence-corrected chi connectivity index (χ4v) is 6.63. The molecule has 2 aliphatic heterocycles. The molecule has 0 bridgehead atoms. The Bertz CT molecular complexity index is 1920. The molecule has 2 saturated heterocycles. The molecule has 7 N–H and O–H groups in total. The van der Waals surface area contributed by atoms with Crippen LogP contribution in [0.3, 0.4) is 0 Å². The van der Waals surface area contributed by atoms with Gasteiger partial charge in [0.2, 0.25) is 0 Å². The van der Waals surface area contributed by atoms with Gasteiger partial charge in [-0.3, -0.25) is 15.1 Å². The predicted molar refractivity (Wildman–Crippen MR) is 187 cm³/mol. The molecular weight excluding hydrogens is 660 g/mol. The van der Waals surface area contributed by atoms with E-state index in [1.807, 2.05) is 48.5 Å². The average Bonchev–Trinajstić information content (AvgIpc) is 3.12. The average molecular weight is 699 g/mol. The van der Waals surface area contributed by atoms with E-state index in [2.05, 4.69) is 36.5 Å². The highest BCUT2D eigenvalue weighted by atomic mass is 16.5. The molecule has 16 nitrogen and oxygen atoms in total. The third kappa shape index (κ3) is 7.92. The Morgan fingerprint density at radius 2 is 1.78 bits per heavy atom. The molecule has 0 radical (unpaired) electrons. The Balaban J connectivity index is 1.37. The van der Waals surface area contributed by atoms with Crippen molar-refractivity contribution < 1.29 is 38.9 Å². The summed E-state index contributed by atoms with van der Waals surface area (Å²) in [5, 5.41) is 33.9. The lowest BCUT2D eigenvalue weighted by Gasteiger charge is -2.47. The van der Waals surface area contributed by atoms with Gasteiger partial charge in [-0.05, 0) is 42.3 Å². The fourth-order valence-electron chi connectivity index (χ4n) is 6.63. The highest BCUT2D eigenvalue weighted by Crippen LogP contribution is 2.36. The van der Waals surface area contributed by atoms with Crippen LogP contribution in [-0.2, 0) is 21.6 Å². The summed E-state index contributed by atoms with van der Waals surface area (Å²) in [5.74, 6) is -1.11. The summed E-state index contributed by atoms with van der Waals surface area (Å²) in [6.45, 7) is 4.71. The first-order valence-corrected chi connectivity index (χ1v) is 16.4. The molecule has 4 amide bonds. The van der Waals surface area contributed by atoms with Crippen molar-refractivity contribution in [2.45, 2.75) is 25.1 Å². The number of hydrogen-bond donors (Lipinski definition) is 7. The summed E-state index contributed by atoms with van der Waals surface area (Å²) in [6.07, 6.45) is -0.781. The van der Waals surface area contributed by atoms with E-state index in [1.165, 1.54) is 18.5 Å². The molecular formula is C35H38N8O8. The Hall–Kier alpha value is -6.00. The van der Waals surface area contributed by atoms with Crippen LogP contribution >= 0.6 is 0 Å². The van der Waals surface area contributed by atoms with Crippen LogP contribution in [0.25, 0.3) is 10.9 Å². The number of ether oxygens (including phenoxy) is 2. The monoisotopic (exact) mass is 698 g/mol. The maximum absolute atomic E-state index is 14.2. The van der Waals surface area contributed by atoms with Crippen LogP contribution in [-0.4, -0.2) is 89.8 Å². The molecule has 0 saturated carbocycles. The highest BCUT2D eigenvalue weighted by Gasteiger charge is 2.49. The Labute approximate surface area is 292 Å². The number of anilines is 3. The zero-order valence-corrected chi connectivity index (χ0v) is 27.7. The molecule has 2 unspecified atom stereocenters. The lowest BCUT2D eigenvalue weighted by molar-refractivity contribution is 0.102. The van der Waals surface area contributed by atoms with Gasteiger partial charge in [0.05, 0.1) is 42.3 Å². The summed E-state index contributed by atoms with van der Waals surface area (Å²) in [5.41, 5.74) is 0.874. The van der Waals surface area contributed by atoms with Crippen LogP contribution < -0.4 is 31.5 Å². The van der Waals surface area contributed by atoms with Crippen molar-refractivity contribution in [1.29, 1.82) is 0 Å². The molecule has 2 aliphatic rings. The Kier molecular flexibility index (Phi) is 10.4. The van der Waals surface area contributed by atoms with E-state index in [-0.39, 0.29) is 41.7 Å². The third-order valence-corrected chi connectivity index (χ3v) is 8.97. The zero-order chi connectivity index (χ0) is 36.0. The number of aromatic nitrogens is 2. The van der Waals surface area contributed by atoms with Crippen LogP contribution in [0.1, 0.15) is 28.5 Å². The molecule has 0 aliphatic carbocycles. The van der Waals surface area contributed by atoms with Gasteiger partial charge in [-0.15, -0.1) is 0 Å². The largest absolute Gasteiger partial charge is 0.465 e. The summed E-state index contributed by atoms with van der Waals surface area (Å²) in [6, 6.07) is 17.0. The van der Waals surface area contributed by atoms with Gasteiger partial charge in [0.1, 0.15) is 12.1 Å². The lowest BCUT2D eigenvalue weighted by Crippen LogP contribution is -2.70. The van der Waals surface area contributed by atoms with Crippen molar-refractivity contribution in [2.75, 3.05) is 54.9 Å². The number of carbonyl (C=O) groups excluding carboxylic acids is 2. The van der Waals surface area contributed by atoms with Crippen molar-refractivity contribution in [2.24, 2.45) is 5.92 Å². The third-order valence-electron chi connectivity index (χ3n) is 8.97. The molecule has 6 rings (SSSR count). The summed E-state index contributed by atoms with van der Waals surface area (Å²) >= 11 is 0. The standard InChI is InChI=1S/C35H38N8O8/c1-21-17-37-20-35(42-33(47)48,30(21)41-32(45)46)25-9-10-36-18-28(25)39-31(44)29-27(40-34(49)51-19-22-5-3-2-4-6-22)15-23-7-8-24(16-26(23)38-29)43-11-13-50-14-12-43/h2-10,15-16,18,21,30,37,41-42H,11-14,17,19-20H2,1H3,(H,39,44)(H,40,49)(H,45,46)(H,47,48)/t21?,30?,35-/m0/s1. The van der Waals surface area contributed by atoms with E-state index in [0.717, 1.165) is 11.3 Å². The number of hydrogen-bond acceptors (Lipinski definition) is 10. The van der Waals surface area contributed by atoms with E-state index >= 15 is 0 Å². The molecule has 2 fully saturated rings. The zero-order valence-electron chi connectivity index (χ0n) is 27.7. The number of piperidine rings is 1. The molecule has 51 heavy (non-hydrogen) atoms. The van der Waals surface area contributed by atoms with Crippen molar-refractivity contribution in [3.05, 3.63) is 89.9 Å². The van der Waals surface area contributed by atoms with Gasteiger partial charge in [-0.2, -0.15) is 0 Å². The number of carbonyl (C=O) groups is 4. The number of morpholine rings is 1. The van der Waals surface area contributed by atoms with Crippen LogP contribution in [0.4, 0.5) is 31.4 Å². The first-order chi connectivity index (χ1) is 24.6. The first kappa shape index (κ1) is 34.8. The van der Waals surface area contributed by atoms with Crippen LogP contribution in [0, 0.1) is 5.92 Å². The molecule has 2 aromatic carbocycles. The van der Waals surface area contributed by atoms with E-state index < -0.39 is 35.8 Å². The van der Waals surface area contributed by atoms with E-state index in [9.17, 15) is 29.4 Å². The summed E-state index contributed by atoms with van der Waals surface area (Å²) in [4.78, 5) is 62.4. The van der Waals surface area contributed by atoms with Crippen molar-refractivity contribution in [3.63, 3.8) is 0 Å². The van der Waals surface area contributed by atoms with Gasteiger partial charge < -0.3 is 45.9 Å². The maximum Gasteiger partial charge on any atom is 0.412 e. The number of fused-ring (bicyclic) bond motifs is 1. The molecule has 16 heteroatoms. The van der Waals surface area contributed by atoms with Crippen LogP contribution in [0.2, 0.25) is 0 Å². The van der Waals surface area contributed by atoms with Crippen molar-refractivity contribution in [3.8, 4) is 0 Å². The van der Waals surface area contributed by atoms with E-state index in [4.69, 9.17) is 14.5 Å². The highest BCUT2D eigenvalue weighted by molar-refractivity contribution is 6.10. The number of benzene rings is 2. The second-order valence-corrected chi connectivity index (χ2v) is 12.4. The second-order valence-electron chi connectivity index (χ2n) is 12.4. The molecule has 266 valence electrons. The predicted octanol–water partition coefficient (Wildman–Crippen LogP) is 3.81. The number of nitrogens with one attached hydrogen (secondary N) is 5.